The van der Waals surface area contributed by atoms with Crippen LogP contribution in [-0.2, 0) is 0 Å². The summed E-state index contributed by atoms with van der Waals surface area (Å²) >= 11 is 0. The van der Waals surface area contributed by atoms with Gasteiger partial charge in [0.2, 0.25) is 0 Å². The summed E-state index contributed by atoms with van der Waals surface area (Å²) < 4.78 is 0. The van der Waals surface area contributed by atoms with Crippen LogP contribution in [-0.4, -0.2) is 26.5 Å². The SMILES string of the molecule is CC#C/C(C)=C(\C=C/C)c1nc(C)ccc1C(C)O.CC=Nc1cc(Nc2ccc(C)nn2)ccc1C. The summed E-state index contributed by atoms with van der Waals surface area (Å²) in [7, 11) is 0. The Morgan fingerprint density at radius 1 is 1.03 bits per heavy atom. The van der Waals surface area contributed by atoms with Crippen molar-refractivity contribution in [1.29, 1.82) is 0 Å². The van der Waals surface area contributed by atoms with E-state index in [-0.39, 0.29) is 0 Å². The molecule has 2 aromatic heterocycles. The number of aliphatic imine (C=N–C) groups is 1. The molecule has 6 nitrogen and oxygen atoms in total. The third kappa shape index (κ3) is 8.82. The van der Waals surface area contributed by atoms with Crippen LogP contribution in [0.2, 0.25) is 0 Å². The highest BCUT2D eigenvalue weighted by Gasteiger charge is 2.13. The highest BCUT2D eigenvalue weighted by molar-refractivity contribution is 5.79. The Bertz CT molecular complexity index is 1340. The molecule has 1 unspecified atom stereocenters. The van der Waals surface area contributed by atoms with E-state index >= 15 is 0 Å². The van der Waals surface area contributed by atoms with Gasteiger partial charge in [0.25, 0.3) is 0 Å². The molecule has 0 aliphatic heterocycles. The third-order valence-electron chi connectivity index (χ3n) is 5.37. The van der Waals surface area contributed by atoms with Gasteiger partial charge in [-0.3, -0.25) is 9.98 Å². The van der Waals surface area contributed by atoms with Crippen LogP contribution < -0.4 is 5.32 Å². The number of aryl methyl sites for hydroxylation is 3. The molecular weight excluding hydrogens is 458 g/mol. The molecule has 0 aliphatic rings. The minimum atomic E-state index is -0.550. The summed E-state index contributed by atoms with van der Waals surface area (Å²) in [6.45, 7) is 15.3. The molecule has 3 aromatic rings. The molecule has 0 bridgehead atoms. The molecule has 6 heteroatoms. The van der Waals surface area contributed by atoms with Gasteiger partial charge in [0.1, 0.15) is 0 Å². The van der Waals surface area contributed by atoms with E-state index in [1.54, 1.807) is 13.1 Å². The van der Waals surface area contributed by atoms with Gasteiger partial charge in [-0.2, -0.15) is 5.10 Å². The Balaban J connectivity index is 0.000000260. The number of benzene rings is 1. The summed E-state index contributed by atoms with van der Waals surface area (Å²) in [6.07, 6.45) is 5.20. The van der Waals surface area contributed by atoms with Gasteiger partial charge in [-0.1, -0.05) is 30.2 Å². The number of allylic oxidation sites excluding steroid dienone is 4. The van der Waals surface area contributed by atoms with E-state index in [1.807, 2.05) is 103 Å². The number of anilines is 2. The lowest BCUT2D eigenvalue weighted by molar-refractivity contribution is 0.198. The van der Waals surface area contributed by atoms with Crippen molar-refractivity contribution >= 4 is 29.0 Å². The predicted octanol–water partition coefficient (Wildman–Crippen LogP) is 7.38. The Morgan fingerprint density at radius 2 is 1.76 bits per heavy atom. The molecule has 2 heterocycles. The smallest absolute Gasteiger partial charge is 0.153 e. The number of aliphatic hydroxyl groups excluding tert-OH is 1. The van der Waals surface area contributed by atoms with E-state index in [9.17, 15) is 5.11 Å². The van der Waals surface area contributed by atoms with Gasteiger partial charge in [-0.05, 0) is 91.3 Å². The van der Waals surface area contributed by atoms with Crippen molar-refractivity contribution in [2.24, 2.45) is 4.99 Å². The first-order valence-electron chi connectivity index (χ1n) is 12.3. The first-order valence-corrected chi connectivity index (χ1v) is 12.3. The molecule has 0 spiro atoms. The molecule has 2 N–H and O–H groups in total. The van der Waals surface area contributed by atoms with E-state index in [0.717, 1.165) is 56.5 Å². The average Bonchev–Trinajstić information content (AvgIpc) is 2.86. The molecule has 192 valence electrons. The van der Waals surface area contributed by atoms with Gasteiger partial charge >= 0.3 is 0 Å². The maximum absolute atomic E-state index is 9.90. The van der Waals surface area contributed by atoms with Gasteiger partial charge in [0.05, 0.1) is 23.2 Å². The van der Waals surface area contributed by atoms with Gasteiger partial charge in [-0.25, -0.2) is 0 Å². The van der Waals surface area contributed by atoms with Crippen LogP contribution in [0.1, 0.15) is 68.9 Å². The number of aromatic nitrogens is 3. The molecule has 37 heavy (non-hydrogen) atoms. The standard InChI is InChI=1S/C17H21NO.C14H16N4/c1-6-8-12(3)15(9-7-2)17-16(14(5)19)11-10-13(4)18-17;1-4-15-13-9-12(7-5-10(13)2)16-14-8-6-11(3)17-18-14/h7,9-11,14,19H,1-5H3;4-9H,1-3H3,(H,16,18)/b9-7-,15-12+;. The zero-order valence-electron chi connectivity index (χ0n) is 23.1. The van der Waals surface area contributed by atoms with Crippen molar-refractivity contribution in [3.8, 4) is 11.8 Å². The number of aliphatic hydroxyl groups is 1. The number of nitrogens with one attached hydrogen (secondary N) is 1. The average molecular weight is 496 g/mol. The fraction of sp³-hybridized carbons (Fsp3) is 0.290. The number of hydrogen-bond acceptors (Lipinski definition) is 6. The minimum Gasteiger partial charge on any atom is -0.389 e. The molecule has 0 fully saturated rings. The van der Waals surface area contributed by atoms with Gasteiger partial charge in [0, 0.05) is 34.3 Å². The van der Waals surface area contributed by atoms with E-state index in [1.165, 1.54) is 0 Å². The zero-order valence-corrected chi connectivity index (χ0v) is 23.1. The summed E-state index contributed by atoms with van der Waals surface area (Å²) in [6, 6.07) is 13.7. The lowest BCUT2D eigenvalue weighted by Gasteiger charge is -2.14. The summed E-state index contributed by atoms with van der Waals surface area (Å²) in [4.78, 5) is 8.90. The minimum absolute atomic E-state index is 0.550. The number of hydrogen-bond donors (Lipinski definition) is 2. The van der Waals surface area contributed by atoms with Crippen LogP contribution in [0.3, 0.4) is 0 Å². The quantitative estimate of drug-likeness (QED) is 0.212. The fourth-order valence-corrected chi connectivity index (χ4v) is 3.50. The van der Waals surface area contributed by atoms with E-state index in [4.69, 9.17) is 0 Å². The second kappa shape index (κ2) is 14.5. The van der Waals surface area contributed by atoms with E-state index in [0.29, 0.717) is 0 Å². The lowest BCUT2D eigenvalue weighted by atomic mass is 9.98. The predicted molar refractivity (Wildman–Crippen MR) is 156 cm³/mol. The first kappa shape index (κ1) is 29.2. The molecular formula is C31H37N5O. The topological polar surface area (TPSA) is 83.3 Å². The van der Waals surface area contributed by atoms with Gasteiger partial charge in [-0.15, -0.1) is 11.0 Å². The monoisotopic (exact) mass is 495 g/mol. The molecule has 0 saturated heterocycles. The Labute approximate surface area is 221 Å². The molecule has 0 radical (unpaired) electrons. The van der Waals surface area contributed by atoms with Crippen LogP contribution in [0.4, 0.5) is 17.2 Å². The maximum Gasteiger partial charge on any atom is 0.153 e. The van der Waals surface area contributed by atoms with Crippen molar-refractivity contribution < 1.29 is 5.11 Å². The molecule has 1 aromatic carbocycles. The summed E-state index contributed by atoms with van der Waals surface area (Å²) in [5.41, 5.74) is 8.47. The molecule has 0 amide bonds. The Hall–Kier alpha value is -4.08. The van der Waals surface area contributed by atoms with E-state index < -0.39 is 6.10 Å². The zero-order chi connectivity index (χ0) is 27.4. The highest BCUT2D eigenvalue weighted by Crippen LogP contribution is 2.27. The third-order valence-corrected chi connectivity index (χ3v) is 5.37. The normalized spacial score (nSPS) is 12.4. The van der Waals surface area contributed by atoms with Crippen LogP contribution in [0, 0.1) is 32.6 Å². The van der Waals surface area contributed by atoms with Crippen LogP contribution in [0.25, 0.3) is 5.57 Å². The first-order chi connectivity index (χ1) is 17.7. The molecule has 0 saturated carbocycles. The van der Waals surface area contributed by atoms with Crippen LogP contribution >= 0.6 is 0 Å². The summed E-state index contributed by atoms with van der Waals surface area (Å²) in [5, 5.41) is 21.2. The number of nitrogens with zero attached hydrogens (tertiary/aromatic N) is 4. The highest BCUT2D eigenvalue weighted by atomic mass is 16.3. The molecule has 3 rings (SSSR count). The van der Waals surface area contributed by atoms with Crippen molar-refractivity contribution in [1.82, 2.24) is 15.2 Å². The number of rotatable bonds is 6. The molecule has 0 aliphatic carbocycles. The van der Waals surface area contributed by atoms with Crippen molar-refractivity contribution in [3.05, 3.63) is 88.4 Å². The van der Waals surface area contributed by atoms with Gasteiger partial charge in [0.15, 0.2) is 5.82 Å². The largest absolute Gasteiger partial charge is 0.389 e. The summed E-state index contributed by atoms with van der Waals surface area (Å²) in [5.74, 6) is 6.71. The number of pyridine rings is 1. The maximum atomic E-state index is 9.90. The van der Waals surface area contributed by atoms with Gasteiger partial charge < -0.3 is 10.4 Å². The van der Waals surface area contributed by atoms with Crippen LogP contribution in [0.15, 0.2) is 65.2 Å². The fourth-order valence-electron chi connectivity index (χ4n) is 3.50. The second-order valence-electron chi connectivity index (χ2n) is 8.55. The van der Waals surface area contributed by atoms with Crippen molar-refractivity contribution in [3.63, 3.8) is 0 Å². The second-order valence-corrected chi connectivity index (χ2v) is 8.55. The van der Waals surface area contributed by atoms with Crippen LogP contribution in [0.5, 0.6) is 0 Å². The Kier molecular flexibility index (Phi) is 11.4. The lowest BCUT2D eigenvalue weighted by Crippen LogP contribution is -2.02. The van der Waals surface area contributed by atoms with Crippen molar-refractivity contribution in [2.45, 2.75) is 61.5 Å². The molecule has 1 atom stereocenters. The Morgan fingerprint density at radius 3 is 2.35 bits per heavy atom. The van der Waals surface area contributed by atoms with Crippen molar-refractivity contribution in [2.75, 3.05) is 5.32 Å². The van der Waals surface area contributed by atoms with E-state index in [2.05, 4.69) is 37.3 Å².